The van der Waals surface area contributed by atoms with Gasteiger partial charge in [0.15, 0.2) is 6.29 Å². The first-order valence-electron chi connectivity index (χ1n) is 5.12. The Morgan fingerprint density at radius 2 is 2.05 bits per heavy atom. The number of halogens is 1. The molecule has 0 saturated carbocycles. The summed E-state index contributed by atoms with van der Waals surface area (Å²) in [6, 6.07) is 5.65. The Morgan fingerprint density at radius 3 is 2.68 bits per heavy atom. The first kappa shape index (κ1) is 13.2. The van der Waals surface area contributed by atoms with E-state index in [9.17, 15) is 14.9 Å². The number of rotatable bonds is 4. The van der Waals surface area contributed by atoms with Crippen LogP contribution in [0.2, 0.25) is 0 Å². The molecule has 0 saturated heterocycles. The van der Waals surface area contributed by atoms with Crippen molar-refractivity contribution in [2.24, 2.45) is 0 Å². The maximum absolute atomic E-state index is 10.8. The van der Waals surface area contributed by atoms with E-state index in [0.29, 0.717) is 17.8 Å². The van der Waals surface area contributed by atoms with Crippen molar-refractivity contribution >= 4 is 27.9 Å². The quantitative estimate of drug-likeness (QED) is 0.489. The molecule has 0 aliphatic rings. The van der Waals surface area contributed by atoms with Crippen molar-refractivity contribution in [2.75, 3.05) is 0 Å². The fourth-order valence-electron chi connectivity index (χ4n) is 1.44. The zero-order valence-electron chi connectivity index (χ0n) is 9.45. The fraction of sp³-hybridized carbons (Fsp3) is 0. The van der Waals surface area contributed by atoms with Crippen LogP contribution in [0, 0.1) is 10.1 Å². The highest BCUT2D eigenvalue weighted by atomic mass is 79.9. The van der Waals surface area contributed by atoms with Gasteiger partial charge in [-0.3, -0.25) is 19.9 Å². The van der Waals surface area contributed by atoms with E-state index >= 15 is 0 Å². The van der Waals surface area contributed by atoms with Crippen LogP contribution >= 0.6 is 15.9 Å². The van der Waals surface area contributed by atoms with E-state index in [1.54, 1.807) is 12.3 Å². The van der Waals surface area contributed by atoms with Crippen molar-refractivity contribution in [3.63, 3.8) is 0 Å². The van der Waals surface area contributed by atoms with Crippen LogP contribution in [0.4, 0.5) is 5.69 Å². The third-order valence-corrected chi connectivity index (χ3v) is 2.67. The van der Waals surface area contributed by atoms with Gasteiger partial charge in [0.1, 0.15) is 11.5 Å². The average molecular weight is 323 g/mol. The Hall–Kier alpha value is -2.28. The normalized spacial score (nSPS) is 9.95. The van der Waals surface area contributed by atoms with Gasteiger partial charge in [0, 0.05) is 16.7 Å². The van der Waals surface area contributed by atoms with Crippen molar-refractivity contribution < 1.29 is 14.5 Å². The second-order valence-corrected chi connectivity index (χ2v) is 4.45. The van der Waals surface area contributed by atoms with Gasteiger partial charge in [-0.25, -0.2) is 0 Å². The molecule has 0 bridgehead atoms. The Labute approximate surface area is 116 Å². The summed E-state index contributed by atoms with van der Waals surface area (Å²) >= 11 is 3.25. The molecular weight excluding hydrogens is 316 g/mol. The predicted octanol–water partition coefficient (Wildman–Crippen LogP) is 3.36. The Bertz CT molecular complexity index is 645. The molecule has 0 radical (unpaired) electrons. The van der Waals surface area contributed by atoms with Crippen molar-refractivity contribution in [1.82, 2.24) is 4.98 Å². The second-order valence-electron chi connectivity index (χ2n) is 3.54. The van der Waals surface area contributed by atoms with Crippen LogP contribution in [0.25, 0.3) is 0 Å². The van der Waals surface area contributed by atoms with Gasteiger partial charge in [-0.05, 0) is 34.1 Å². The first-order chi connectivity index (χ1) is 9.10. The lowest BCUT2D eigenvalue weighted by molar-refractivity contribution is -0.385. The second kappa shape index (κ2) is 5.57. The number of ether oxygens (including phenoxy) is 1. The van der Waals surface area contributed by atoms with E-state index in [2.05, 4.69) is 20.9 Å². The lowest BCUT2D eigenvalue weighted by atomic mass is 10.2. The lowest BCUT2D eigenvalue weighted by Crippen LogP contribution is -1.95. The minimum atomic E-state index is -0.617. The van der Waals surface area contributed by atoms with Crippen molar-refractivity contribution in [3.05, 3.63) is 56.8 Å². The van der Waals surface area contributed by atoms with Gasteiger partial charge in [-0.2, -0.15) is 0 Å². The number of hydrogen-bond acceptors (Lipinski definition) is 5. The molecule has 0 N–H and O–H groups in total. The molecule has 0 atom stereocenters. The first-order valence-corrected chi connectivity index (χ1v) is 5.91. The smallest absolute Gasteiger partial charge is 0.280 e. The summed E-state index contributed by atoms with van der Waals surface area (Å²) in [5.74, 6) is 0.785. The molecule has 0 spiro atoms. The zero-order chi connectivity index (χ0) is 13.8. The van der Waals surface area contributed by atoms with E-state index in [-0.39, 0.29) is 11.3 Å². The summed E-state index contributed by atoms with van der Waals surface area (Å²) in [5, 5.41) is 10.7. The minimum absolute atomic E-state index is 0.0366. The molecule has 0 amide bonds. The van der Waals surface area contributed by atoms with Crippen LogP contribution < -0.4 is 4.74 Å². The highest BCUT2D eigenvalue weighted by Gasteiger charge is 2.14. The maximum Gasteiger partial charge on any atom is 0.280 e. The molecule has 2 rings (SSSR count). The number of nitro groups is 1. The summed E-state index contributed by atoms with van der Waals surface area (Å²) in [6.07, 6.45) is 3.51. The topological polar surface area (TPSA) is 82.3 Å². The molecule has 0 aliphatic heterocycles. The predicted molar refractivity (Wildman–Crippen MR) is 70.5 cm³/mol. The average Bonchev–Trinajstić information content (AvgIpc) is 2.38. The number of nitrogens with zero attached hydrogens (tertiary/aromatic N) is 2. The molecule has 0 aliphatic carbocycles. The molecule has 1 heterocycles. The number of carbonyl (C=O) groups excluding carboxylic acids is 1. The molecule has 2 aromatic rings. The molecule has 0 fully saturated rings. The molecule has 1 aromatic heterocycles. The van der Waals surface area contributed by atoms with Gasteiger partial charge in [0.25, 0.3) is 5.69 Å². The molecule has 6 nitrogen and oxygen atoms in total. The molecule has 7 heteroatoms. The van der Waals surface area contributed by atoms with Crippen molar-refractivity contribution in [1.29, 1.82) is 0 Å². The number of aldehydes is 1. The minimum Gasteiger partial charge on any atom is -0.456 e. The van der Waals surface area contributed by atoms with Crippen LogP contribution in [-0.4, -0.2) is 16.2 Å². The monoisotopic (exact) mass is 322 g/mol. The third kappa shape index (κ3) is 3.14. The summed E-state index contributed by atoms with van der Waals surface area (Å²) in [5.41, 5.74) is -0.292. The third-order valence-electron chi connectivity index (χ3n) is 2.24. The SMILES string of the molecule is O=Cc1cc(Oc2cncc(Br)c2)ccc1[N+](=O)[O-]. The standard InChI is InChI=1S/C12H7BrN2O4/c13-9-4-11(6-14-5-9)19-10-1-2-12(15(17)18)8(3-10)7-16/h1-7H. The Balaban J connectivity index is 2.31. The number of aromatic nitrogens is 1. The zero-order valence-corrected chi connectivity index (χ0v) is 11.0. The van der Waals surface area contributed by atoms with E-state index in [1.807, 2.05) is 0 Å². The highest BCUT2D eigenvalue weighted by molar-refractivity contribution is 9.10. The van der Waals surface area contributed by atoms with Gasteiger partial charge < -0.3 is 4.74 Å². The largest absolute Gasteiger partial charge is 0.456 e. The molecular formula is C12H7BrN2O4. The molecule has 96 valence electrons. The van der Waals surface area contributed by atoms with Gasteiger partial charge in [0.2, 0.25) is 0 Å². The Kier molecular flexibility index (Phi) is 3.86. The number of benzene rings is 1. The lowest BCUT2D eigenvalue weighted by Gasteiger charge is -2.06. The van der Waals surface area contributed by atoms with Crippen LogP contribution in [-0.2, 0) is 0 Å². The van der Waals surface area contributed by atoms with Crippen molar-refractivity contribution in [2.45, 2.75) is 0 Å². The highest BCUT2D eigenvalue weighted by Crippen LogP contribution is 2.27. The maximum atomic E-state index is 10.8. The summed E-state index contributed by atoms with van der Waals surface area (Å²) < 4.78 is 6.20. The van der Waals surface area contributed by atoms with Gasteiger partial charge in [-0.15, -0.1) is 0 Å². The molecule has 1 aromatic carbocycles. The van der Waals surface area contributed by atoms with Crippen LogP contribution in [0.3, 0.4) is 0 Å². The van der Waals surface area contributed by atoms with Crippen LogP contribution in [0.15, 0.2) is 41.1 Å². The molecule has 19 heavy (non-hydrogen) atoms. The number of pyridine rings is 1. The number of nitro benzene ring substituents is 1. The van der Waals surface area contributed by atoms with Gasteiger partial charge in [-0.1, -0.05) is 0 Å². The van der Waals surface area contributed by atoms with E-state index in [4.69, 9.17) is 4.74 Å². The van der Waals surface area contributed by atoms with Gasteiger partial charge in [0.05, 0.1) is 16.7 Å². The number of carbonyl (C=O) groups is 1. The fourth-order valence-corrected chi connectivity index (χ4v) is 1.78. The summed E-state index contributed by atoms with van der Waals surface area (Å²) in [4.78, 5) is 24.8. The summed E-state index contributed by atoms with van der Waals surface area (Å²) in [7, 11) is 0. The Morgan fingerprint density at radius 1 is 1.26 bits per heavy atom. The van der Waals surface area contributed by atoms with E-state index in [1.165, 1.54) is 24.4 Å². The van der Waals surface area contributed by atoms with Gasteiger partial charge >= 0.3 is 0 Å². The summed E-state index contributed by atoms with van der Waals surface area (Å²) in [6.45, 7) is 0. The molecule has 0 unspecified atom stereocenters. The van der Waals surface area contributed by atoms with Crippen LogP contribution in [0.5, 0.6) is 11.5 Å². The number of hydrogen-bond donors (Lipinski definition) is 0. The van der Waals surface area contributed by atoms with E-state index in [0.717, 1.165) is 4.47 Å². The van der Waals surface area contributed by atoms with Crippen molar-refractivity contribution in [3.8, 4) is 11.5 Å². The van der Waals surface area contributed by atoms with Crippen LogP contribution in [0.1, 0.15) is 10.4 Å². The van der Waals surface area contributed by atoms with E-state index < -0.39 is 4.92 Å².